The van der Waals surface area contributed by atoms with E-state index < -0.39 is 0 Å². The third kappa shape index (κ3) is 5.91. The molecule has 1 saturated heterocycles. The third-order valence-corrected chi connectivity index (χ3v) is 5.74. The number of likely N-dealkylation sites (tertiary alicyclic amines) is 1. The van der Waals surface area contributed by atoms with Gasteiger partial charge >= 0.3 is 0 Å². The molecule has 1 aromatic heterocycles. The van der Waals surface area contributed by atoms with Crippen molar-refractivity contribution in [3.63, 3.8) is 0 Å². The maximum absolute atomic E-state index is 12.1. The Morgan fingerprint density at radius 1 is 1.16 bits per heavy atom. The molecule has 32 heavy (non-hydrogen) atoms. The molecule has 0 bridgehead atoms. The van der Waals surface area contributed by atoms with Gasteiger partial charge in [-0.25, -0.2) is 0 Å². The summed E-state index contributed by atoms with van der Waals surface area (Å²) >= 11 is 0. The van der Waals surface area contributed by atoms with Gasteiger partial charge in [0, 0.05) is 25.2 Å². The highest BCUT2D eigenvalue weighted by Gasteiger charge is 2.24. The molecule has 1 N–H and O–H groups in total. The highest BCUT2D eigenvalue weighted by Crippen LogP contribution is 2.39. The minimum absolute atomic E-state index is 0.0682. The molecule has 3 rings (SSSR count). The average Bonchev–Trinajstić information content (AvgIpc) is 3.26. The molecule has 0 saturated carbocycles. The van der Waals surface area contributed by atoms with E-state index in [0.29, 0.717) is 29.0 Å². The molecule has 0 radical (unpaired) electrons. The highest BCUT2D eigenvalue weighted by molar-refractivity contribution is 5.91. The van der Waals surface area contributed by atoms with Crippen molar-refractivity contribution in [3.05, 3.63) is 29.6 Å². The zero-order chi connectivity index (χ0) is 23.1. The van der Waals surface area contributed by atoms with Crippen LogP contribution in [0.1, 0.15) is 55.6 Å². The lowest BCUT2D eigenvalue weighted by atomic mass is 9.98. The van der Waals surface area contributed by atoms with Crippen LogP contribution in [0, 0.1) is 0 Å². The van der Waals surface area contributed by atoms with E-state index in [9.17, 15) is 4.79 Å². The van der Waals surface area contributed by atoms with Gasteiger partial charge in [-0.05, 0) is 57.4 Å². The number of hydrogen-bond acceptors (Lipinski definition) is 7. The number of piperidine rings is 1. The highest BCUT2D eigenvalue weighted by atomic mass is 16.5. The van der Waals surface area contributed by atoms with Gasteiger partial charge in [0.05, 0.1) is 27.5 Å². The van der Waals surface area contributed by atoms with Gasteiger partial charge in [0.1, 0.15) is 0 Å². The molecular formula is C23H35N5O4. The number of carbonyl (C=O) groups excluding carboxylic acids is 1. The first-order valence-electron chi connectivity index (χ1n) is 11.2. The van der Waals surface area contributed by atoms with E-state index >= 15 is 0 Å². The Kier molecular flexibility index (Phi) is 8.33. The number of nitrogens with one attached hydrogen (secondary N) is 1. The van der Waals surface area contributed by atoms with E-state index in [1.54, 1.807) is 32.2 Å². The predicted octanol–water partition coefficient (Wildman–Crippen LogP) is 2.89. The van der Waals surface area contributed by atoms with Gasteiger partial charge < -0.3 is 19.5 Å². The fourth-order valence-corrected chi connectivity index (χ4v) is 4.19. The fraction of sp³-hybridized carbons (Fsp3) is 0.609. The minimum Gasteiger partial charge on any atom is -0.493 e. The van der Waals surface area contributed by atoms with Crippen LogP contribution in [-0.2, 0) is 13.1 Å². The largest absolute Gasteiger partial charge is 0.493 e. The SMILES string of the molecule is COc1cc(CN2CCCC[C@@H]2CCn2cc(C(=O)NC(C)C)nn2)cc(OC)c1OC. The molecule has 1 aliphatic heterocycles. The fourth-order valence-electron chi connectivity index (χ4n) is 4.19. The summed E-state index contributed by atoms with van der Waals surface area (Å²) in [4.78, 5) is 14.6. The first-order chi connectivity index (χ1) is 15.4. The van der Waals surface area contributed by atoms with Gasteiger partial charge in [-0.3, -0.25) is 14.4 Å². The Labute approximate surface area is 190 Å². The quantitative estimate of drug-likeness (QED) is 0.601. The number of aryl methyl sites for hydroxylation is 1. The molecular weight excluding hydrogens is 410 g/mol. The number of aromatic nitrogens is 3. The summed E-state index contributed by atoms with van der Waals surface area (Å²) in [5.74, 6) is 1.76. The Bertz CT molecular complexity index is 873. The minimum atomic E-state index is -0.187. The van der Waals surface area contributed by atoms with Crippen LogP contribution in [0.4, 0.5) is 0 Å². The third-order valence-electron chi connectivity index (χ3n) is 5.74. The molecule has 0 aliphatic carbocycles. The molecule has 1 fully saturated rings. The summed E-state index contributed by atoms with van der Waals surface area (Å²) in [5.41, 5.74) is 1.48. The molecule has 9 heteroatoms. The van der Waals surface area contributed by atoms with E-state index in [-0.39, 0.29) is 11.9 Å². The van der Waals surface area contributed by atoms with Crippen LogP contribution in [0.25, 0.3) is 0 Å². The Balaban J connectivity index is 1.66. The number of hydrogen-bond donors (Lipinski definition) is 1. The number of nitrogens with zero attached hydrogens (tertiary/aromatic N) is 4. The summed E-state index contributed by atoms with van der Waals surface area (Å²) < 4.78 is 18.2. The van der Waals surface area contributed by atoms with Gasteiger partial charge in [0.15, 0.2) is 17.2 Å². The molecule has 0 unspecified atom stereocenters. The van der Waals surface area contributed by atoms with E-state index in [0.717, 1.165) is 38.0 Å². The second-order valence-corrected chi connectivity index (χ2v) is 8.44. The zero-order valence-corrected chi connectivity index (χ0v) is 19.8. The zero-order valence-electron chi connectivity index (χ0n) is 19.8. The lowest BCUT2D eigenvalue weighted by Gasteiger charge is -2.36. The molecule has 176 valence electrons. The van der Waals surface area contributed by atoms with Crippen molar-refractivity contribution < 1.29 is 19.0 Å². The van der Waals surface area contributed by atoms with E-state index in [2.05, 4.69) is 20.5 Å². The van der Waals surface area contributed by atoms with Crippen molar-refractivity contribution in [1.29, 1.82) is 0 Å². The van der Waals surface area contributed by atoms with E-state index in [4.69, 9.17) is 14.2 Å². The lowest BCUT2D eigenvalue weighted by Crippen LogP contribution is -2.39. The van der Waals surface area contributed by atoms with Crippen molar-refractivity contribution >= 4 is 5.91 Å². The van der Waals surface area contributed by atoms with Crippen molar-refractivity contribution in [2.45, 2.75) is 64.7 Å². The number of rotatable bonds is 10. The lowest BCUT2D eigenvalue weighted by molar-refractivity contribution is 0.0938. The predicted molar refractivity (Wildman–Crippen MR) is 121 cm³/mol. The molecule has 0 spiro atoms. The number of amides is 1. The standard InChI is InChI=1S/C23H35N5O4/c1-16(2)24-23(29)19-15-28(26-25-19)11-9-18-8-6-7-10-27(18)14-17-12-20(30-3)22(32-5)21(13-17)31-4/h12-13,15-16,18H,6-11,14H2,1-5H3,(H,24,29)/t18-/m1/s1. The van der Waals surface area contributed by atoms with Crippen molar-refractivity contribution in [1.82, 2.24) is 25.2 Å². The van der Waals surface area contributed by atoms with E-state index in [1.165, 1.54) is 12.8 Å². The van der Waals surface area contributed by atoms with Crippen LogP contribution in [-0.4, -0.2) is 65.8 Å². The van der Waals surface area contributed by atoms with Crippen LogP contribution in [0.5, 0.6) is 17.2 Å². The molecule has 2 heterocycles. The van der Waals surface area contributed by atoms with Crippen LogP contribution in [0.15, 0.2) is 18.3 Å². The topological polar surface area (TPSA) is 90.7 Å². The summed E-state index contributed by atoms with van der Waals surface area (Å²) in [5, 5.41) is 11.0. The maximum atomic E-state index is 12.1. The first-order valence-corrected chi connectivity index (χ1v) is 11.2. The van der Waals surface area contributed by atoms with Crippen molar-refractivity contribution in [2.24, 2.45) is 0 Å². The number of carbonyl (C=O) groups is 1. The Hall–Kier alpha value is -2.81. The molecule has 1 amide bonds. The number of methoxy groups -OCH3 is 3. The second-order valence-electron chi connectivity index (χ2n) is 8.44. The van der Waals surface area contributed by atoms with Gasteiger partial charge in [0.25, 0.3) is 5.91 Å². The Morgan fingerprint density at radius 3 is 2.50 bits per heavy atom. The van der Waals surface area contributed by atoms with Crippen LogP contribution in [0.2, 0.25) is 0 Å². The summed E-state index contributed by atoms with van der Waals surface area (Å²) in [6.07, 6.45) is 6.21. The van der Waals surface area contributed by atoms with Gasteiger partial charge in [-0.2, -0.15) is 0 Å². The molecule has 9 nitrogen and oxygen atoms in total. The van der Waals surface area contributed by atoms with Crippen molar-refractivity contribution in [3.8, 4) is 17.2 Å². The average molecular weight is 446 g/mol. The second kappa shape index (κ2) is 11.2. The van der Waals surface area contributed by atoms with Crippen LogP contribution < -0.4 is 19.5 Å². The van der Waals surface area contributed by atoms with Gasteiger partial charge in [-0.1, -0.05) is 11.6 Å². The van der Waals surface area contributed by atoms with Crippen molar-refractivity contribution in [2.75, 3.05) is 27.9 Å². The number of benzene rings is 1. The number of ether oxygens (including phenoxy) is 3. The molecule has 1 aliphatic rings. The van der Waals surface area contributed by atoms with Gasteiger partial charge in [-0.15, -0.1) is 5.10 Å². The smallest absolute Gasteiger partial charge is 0.273 e. The van der Waals surface area contributed by atoms with Gasteiger partial charge in [0.2, 0.25) is 5.75 Å². The summed E-state index contributed by atoms with van der Waals surface area (Å²) in [6, 6.07) is 4.53. The molecule has 1 atom stereocenters. The van der Waals surface area contributed by atoms with Crippen LogP contribution >= 0.6 is 0 Å². The molecule has 2 aromatic rings. The summed E-state index contributed by atoms with van der Waals surface area (Å²) in [6.45, 7) is 6.42. The normalized spacial score (nSPS) is 16.8. The van der Waals surface area contributed by atoms with Crippen LogP contribution in [0.3, 0.4) is 0 Å². The monoisotopic (exact) mass is 445 g/mol. The summed E-state index contributed by atoms with van der Waals surface area (Å²) in [7, 11) is 4.89. The first kappa shape index (κ1) is 23.8. The Morgan fingerprint density at radius 2 is 1.88 bits per heavy atom. The van der Waals surface area contributed by atoms with E-state index in [1.807, 2.05) is 26.0 Å². The molecule has 1 aromatic carbocycles. The maximum Gasteiger partial charge on any atom is 0.273 e.